The molecule has 0 fully saturated rings. The van der Waals surface area contributed by atoms with Crippen molar-refractivity contribution in [3.05, 3.63) is 34.3 Å². The zero-order valence-corrected chi connectivity index (χ0v) is 12.1. The summed E-state index contributed by atoms with van der Waals surface area (Å²) in [5.41, 5.74) is 1.77. The number of aliphatic hydroxyl groups is 1. The molecule has 0 aliphatic rings. The normalized spacial score (nSPS) is 10.5. The van der Waals surface area contributed by atoms with Crippen LogP contribution in [0.15, 0.2) is 18.2 Å². The number of nitrogens with zero attached hydrogens (tertiary/aromatic N) is 3. The average Bonchev–Trinajstić information content (AvgIpc) is 2.85. The first-order chi connectivity index (χ1) is 9.12. The quantitative estimate of drug-likeness (QED) is 0.907. The highest BCUT2D eigenvalue weighted by Crippen LogP contribution is 2.21. The van der Waals surface area contributed by atoms with Crippen LogP contribution in [0.1, 0.15) is 16.1 Å². The Labute approximate surface area is 116 Å². The number of methoxy groups -OCH3 is 1. The maximum absolute atomic E-state index is 9.22. The van der Waals surface area contributed by atoms with E-state index in [2.05, 4.69) is 9.36 Å². The highest BCUT2D eigenvalue weighted by atomic mass is 32.1. The SMILES string of the molecule is COc1cc(CN(C)c2cc(CO)cc(C)n2)sn1. The van der Waals surface area contributed by atoms with Gasteiger partial charge in [0.2, 0.25) is 5.88 Å². The molecule has 0 radical (unpaired) electrons. The molecule has 0 atom stereocenters. The van der Waals surface area contributed by atoms with E-state index >= 15 is 0 Å². The van der Waals surface area contributed by atoms with Gasteiger partial charge in [0, 0.05) is 23.7 Å². The van der Waals surface area contributed by atoms with Crippen molar-refractivity contribution < 1.29 is 9.84 Å². The summed E-state index contributed by atoms with van der Waals surface area (Å²) in [7, 11) is 3.58. The summed E-state index contributed by atoms with van der Waals surface area (Å²) in [6.07, 6.45) is 0. The monoisotopic (exact) mass is 279 g/mol. The molecule has 0 saturated carbocycles. The molecule has 6 heteroatoms. The van der Waals surface area contributed by atoms with E-state index in [1.807, 2.05) is 37.1 Å². The molecule has 0 amide bonds. The Balaban J connectivity index is 2.14. The predicted octanol–water partition coefficient (Wildman–Crippen LogP) is 1.98. The van der Waals surface area contributed by atoms with Crippen LogP contribution in [-0.2, 0) is 13.2 Å². The van der Waals surface area contributed by atoms with Gasteiger partial charge in [0.25, 0.3) is 0 Å². The van der Waals surface area contributed by atoms with Gasteiger partial charge in [-0.05, 0) is 36.2 Å². The molecule has 0 aliphatic heterocycles. The minimum absolute atomic E-state index is 0.0264. The predicted molar refractivity (Wildman–Crippen MR) is 75.7 cm³/mol. The van der Waals surface area contributed by atoms with Crippen LogP contribution in [0.3, 0.4) is 0 Å². The summed E-state index contributed by atoms with van der Waals surface area (Å²) in [4.78, 5) is 7.60. The molecule has 102 valence electrons. The second-order valence-electron chi connectivity index (χ2n) is 4.32. The fourth-order valence-electron chi connectivity index (χ4n) is 1.79. The Bertz CT molecular complexity index is 557. The summed E-state index contributed by atoms with van der Waals surface area (Å²) in [5, 5.41) is 9.22. The Hall–Kier alpha value is -1.66. The first kappa shape index (κ1) is 13.8. The van der Waals surface area contributed by atoms with E-state index in [0.717, 1.165) is 22.0 Å². The van der Waals surface area contributed by atoms with E-state index in [4.69, 9.17) is 4.74 Å². The Morgan fingerprint density at radius 3 is 2.79 bits per heavy atom. The topological polar surface area (TPSA) is 58.5 Å². The number of aromatic nitrogens is 2. The molecule has 1 N–H and O–H groups in total. The van der Waals surface area contributed by atoms with E-state index in [0.29, 0.717) is 12.4 Å². The largest absolute Gasteiger partial charge is 0.480 e. The molecule has 2 aromatic heterocycles. The Morgan fingerprint density at radius 2 is 2.16 bits per heavy atom. The lowest BCUT2D eigenvalue weighted by molar-refractivity contribution is 0.281. The lowest BCUT2D eigenvalue weighted by Gasteiger charge is -2.18. The number of ether oxygens (including phenoxy) is 1. The van der Waals surface area contributed by atoms with Crippen molar-refractivity contribution in [1.29, 1.82) is 0 Å². The summed E-state index contributed by atoms with van der Waals surface area (Å²) < 4.78 is 9.23. The van der Waals surface area contributed by atoms with E-state index in [1.165, 1.54) is 11.5 Å². The van der Waals surface area contributed by atoms with Gasteiger partial charge in [0.1, 0.15) is 5.82 Å². The third-order valence-corrected chi connectivity index (χ3v) is 3.47. The zero-order chi connectivity index (χ0) is 13.8. The summed E-state index contributed by atoms with van der Waals surface area (Å²) >= 11 is 1.42. The third-order valence-electron chi connectivity index (χ3n) is 2.71. The third kappa shape index (κ3) is 3.42. The summed E-state index contributed by atoms with van der Waals surface area (Å²) in [5.74, 6) is 1.48. The second-order valence-corrected chi connectivity index (χ2v) is 5.21. The van der Waals surface area contributed by atoms with Crippen LogP contribution in [0, 0.1) is 6.92 Å². The molecule has 2 rings (SSSR count). The van der Waals surface area contributed by atoms with Crippen LogP contribution in [0.2, 0.25) is 0 Å². The minimum atomic E-state index is 0.0264. The zero-order valence-electron chi connectivity index (χ0n) is 11.3. The van der Waals surface area contributed by atoms with E-state index in [1.54, 1.807) is 7.11 Å². The van der Waals surface area contributed by atoms with Crippen molar-refractivity contribution >= 4 is 17.4 Å². The minimum Gasteiger partial charge on any atom is -0.480 e. The fourth-order valence-corrected chi connectivity index (χ4v) is 2.53. The van der Waals surface area contributed by atoms with Gasteiger partial charge in [-0.1, -0.05) is 0 Å². The number of anilines is 1. The van der Waals surface area contributed by atoms with E-state index in [9.17, 15) is 5.11 Å². The van der Waals surface area contributed by atoms with Crippen LogP contribution < -0.4 is 9.64 Å². The van der Waals surface area contributed by atoms with Crippen molar-refractivity contribution in [2.24, 2.45) is 0 Å². The van der Waals surface area contributed by atoms with Crippen LogP contribution in [-0.4, -0.2) is 28.6 Å². The molecule has 19 heavy (non-hydrogen) atoms. The van der Waals surface area contributed by atoms with Crippen molar-refractivity contribution in [3.63, 3.8) is 0 Å². The van der Waals surface area contributed by atoms with Crippen molar-refractivity contribution in [2.45, 2.75) is 20.1 Å². The molecule has 0 bridgehead atoms. The van der Waals surface area contributed by atoms with Crippen LogP contribution in [0.4, 0.5) is 5.82 Å². The first-order valence-corrected chi connectivity index (χ1v) is 6.69. The van der Waals surface area contributed by atoms with Gasteiger partial charge in [0.15, 0.2) is 0 Å². The van der Waals surface area contributed by atoms with Crippen molar-refractivity contribution in [1.82, 2.24) is 9.36 Å². The first-order valence-electron chi connectivity index (χ1n) is 5.91. The highest BCUT2D eigenvalue weighted by molar-refractivity contribution is 7.05. The van der Waals surface area contributed by atoms with Crippen LogP contribution >= 0.6 is 11.5 Å². The summed E-state index contributed by atoms with van der Waals surface area (Å²) in [6.45, 7) is 2.66. The number of rotatable bonds is 5. The van der Waals surface area contributed by atoms with Gasteiger partial charge in [0.05, 0.1) is 20.3 Å². The average molecular weight is 279 g/mol. The van der Waals surface area contributed by atoms with E-state index in [-0.39, 0.29) is 6.61 Å². The number of hydrogen-bond acceptors (Lipinski definition) is 6. The smallest absolute Gasteiger partial charge is 0.225 e. The molecule has 0 unspecified atom stereocenters. The van der Waals surface area contributed by atoms with E-state index < -0.39 is 0 Å². The molecule has 0 saturated heterocycles. The molecule has 0 spiro atoms. The van der Waals surface area contributed by atoms with Gasteiger partial charge in [-0.15, -0.1) is 0 Å². The molecule has 2 heterocycles. The summed E-state index contributed by atoms with van der Waals surface area (Å²) in [6, 6.07) is 5.70. The number of aryl methyl sites for hydroxylation is 1. The molecule has 0 aliphatic carbocycles. The standard InChI is InChI=1S/C13H17N3O2S/c1-9-4-10(8-17)5-12(14-9)16(2)7-11-6-13(18-3)15-19-11/h4-6,17H,7-8H2,1-3H3. The van der Waals surface area contributed by atoms with Crippen molar-refractivity contribution in [3.8, 4) is 5.88 Å². The van der Waals surface area contributed by atoms with Gasteiger partial charge < -0.3 is 14.7 Å². The molecule has 5 nitrogen and oxygen atoms in total. The molecular formula is C13H17N3O2S. The van der Waals surface area contributed by atoms with Crippen LogP contribution in [0.25, 0.3) is 0 Å². The lowest BCUT2D eigenvalue weighted by atomic mass is 10.2. The maximum Gasteiger partial charge on any atom is 0.225 e. The highest BCUT2D eigenvalue weighted by Gasteiger charge is 2.09. The Kier molecular flexibility index (Phi) is 4.34. The number of hydrogen-bond donors (Lipinski definition) is 1. The van der Waals surface area contributed by atoms with Crippen molar-refractivity contribution in [2.75, 3.05) is 19.1 Å². The fraction of sp³-hybridized carbons (Fsp3) is 0.385. The maximum atomic E-state index is 9.22. The van der Waals surface area contributed by atoms with Gasteiger partial charge >= 0.3 is 0 Å². The number of aliphatic hydroxyl groups excluding tert-OH is 1. The van der Waals surface area contributed by atoms with Gasteiger partial charge in [-0.2, -0.15) is 4.37 Å². The van der Waals surface area contributed by atoms with Crippen LogP contribution in [0.5, 0.6) is 5.88 Å². The second kappa shape index (κ2) is 5.99. The molecule has 0 aromatic carbocycles. The molecular weight excluding hydrogens is 262 g/mol. The molecule has 2 aromatic rings. The Morgan fingerprint density at radius 1 is 1.37 bits per heavy atom. The lowest BCUT2D eigenvalue weighted by Crippen LogP contribution is -2.17. The number of pyridine rings is 1. The van der Waals surface area contributed by atoms with Gasteiger partial charge in [-0.25, -0.2) is 4.98 Å². The van der Waals surface area contributed by atoms with Gasteiger partial charge in [-0.3, -0.25) is 0 Å².